The van der Waals surface area contributed by atoms with Gasteiger partial charge in [-0.1, -0.05) is 17.7 Å². The summed E-state index contributed by atoms with van der Waals surface area (Å²) in [5, 5.41) is 0. The Morgan fingerprint density at radius 2 is 2.04 bits per heavy atom. The molecule has 0 spiro atoms. The predicted octanol–water partition coefficient (Wildman–Crippen LogP) is 2.15. The molecule has 6 nitrogen and oxygen atoms in total. The third-order valence-corrected chi connectivity index (χ3v) is 3.71. The van der Waals surface area contributed by atoms with Gasteiger partial charge in [-0.05, 0) is 31.6 Å². The van der Waals surface area contributed by atoms with E-state index in [1.165, 1.54) is 19.1 Å². The molecule has 0 saturated heterocycles. The van der Waals surface area contributed by atoms with Crippen molar-refractivity contribution in [2.75, 3.05) is 6.61 Å². The number of ether oxygens (including phenoxy) is 2. The molecule has 0 unspecified atom stereocenters. The fraction of sp³-hybridized carbons (Fsp3) is 0.368. The lowest BCUT2D eigenvalue weighted by molar-refractivity contribution is -0.140. The molecule has 0 amide bonds. The second kappa shape index (κ2) is 8.37. The summed E-state index contributed by atoms with van der Waals surface area (Å²) in [5.41, 5.74) is 1.32. The molecule has 0 aromatic heterocycles. The van der Waals surface area contributed by atoms with Crippen molar-refractivity contribution in [2.24, 2.45) is 0 Å². The Morgan fingerprint density at radius 3 is 2.76 bits per heavy atom. The van der Waals surface area contributed by atoms with E-state index in [-0.39, 0.29) is 30.2 Å². The first-order valence-corrected chi connectivity index (χ1v) is 8.02. The average Bonchev–Trinajstić information content (AvgIpc) is 2.85. The number of rotatable bonds is 2. The van der Waals surface area contributed by atoms with Crippen molar-refractivity contribution >= 4 is 23.5 Å². The fourth-order valence-electron chi connectivity index (χ4n) is 2.53. The first kappa shape index (κ1) is 18.6. The molecule has 0 aromatic carbocycles. The number of carbonyl (C=O) groups excluding carboxylic acids is 4. The van der Waals surface area contributed by atoms with Crippen LogP contribution in [0.5, 0.6) is 0 Å². The van der Waals surface area contributed by atoms with Gasteiger partial charge in [0.2, 0.25) is 0 Å². The van der Waals surface area contributed by atoms with Crippen molar-refractivity contribution in [3.05, 3.63) is 47.1 Å². The molecule has 1 aliphatic carbocycles. The highest BCUT2D eigenvalue weighted by Crippen LogP contribution is 2.21. The van der Waals surface area contributed by atoms with Crippen molar-refractivity contribution in [1.29, 1.82) is 0 Å². The SMILES string of the molecule is CC(=O)OC/C1=C/C(=O)/C=C(/C)C[C@H]2C=C(/C=C\CCC1=O)C(=O)O2. The third kappa shape index (κ3) is 5.67. The van der Waals surface area contributed by atoms with Gasteiger partial charge in [0.25, 0.3) is 0 Å². The highest BCUT2D eigenvalue weighted by Gasteiger charge is 2.24. The van der Waals surface area contributed by atoms with E-state index >= 15 is 0 Å². The Hall–Kier alpha value is -2.76. The lowest BCUT2D eigenvalue weighted by Crippen LogP contribution is -2.13. The van der Waals surface area contributed by atoms with Gasteiger partial charge in [-0.15, -0.1) is 0 Å². The molecule has 2 bridgehead atoms. The first-order valence-electron chi connectivity index (χ1n) is 8.02. The number of Topliss-reactive ketones (excluding diaryl/α,β-unsaturated/α-hetero) is 1. The molecule has 1 atom stereocenters. The van der Waals surface area contributed by atoms with Crippen LogP contribution in [0.3, 0.4) is 0 Å². The summed E-state index contributed by atoms with van der Waals surface area (Å²) in [5.74, 6) is -1.57. The summed E-state index contributed by atoms with van der Waals surface area (Å²) in [6, 6.07) is 0. The Morgan fingerprint density at radius 1 is 1.28 bits per heavy atom. The molecule has 0 saturated carbocycles. The van der Waals surface area contributed by atoms with Gasteiger partial charge >= 0.3 is 11.9 Å². The van der Waals surface area contributed by atoms with E-state index in [1.54, 1.807) is 25.2 Å². The summed E-state index contributed by atoms with van der Waals surface area (Å²) in [6.45, 7) is 2.76. The molecule has 132 valence electrons. The van der Waals surface area contributed by atoms with Crippen LogP contribution < -0.4 is 0 Å². The number of carbonyl (C=O) groups is 4. The normalized spacial score (nSPS) is 27.2. The van der Waals surface area contributed by atoms with E-state index in [9.17, 15) is 19.2 Å². The molecular formula is C19H20O6. The molecule has 0 radical (unpaired) electrons. The topological polar surface area (TPSA) is 86.7 Å². The molecule has 1 heterocycles. The van der Waals surface area contributed by atoms with E-state index in [4.69, 9.17) is 9.47 Å². The molecule has 6 heteroatoms. The van der Waals surface area contributed by atoms with E-state index in [0.29, 0.717) is 18.4 Å². The summed E-state index contributed by atoms with van der Waals surface area (Å²) in [6.07, 6.45) is 8.21. The second-order valence-electron chi connectivity index (χ2n) is 5.98. The lowest BCUT2D eigenvalue weighted by atomic mass is 10.0. The minimum Gasteiger partial charge on any atom is -0.461 e. The molecule has 0 aromatic rings. The van der Waals surface area contributed by atoms with Crippen LogP contribution in [-0.4, -0.2) is 36.2 Å². The van der Waals surface area contributed by atoms with Crippen molar-refractivity contribution in [2.45, 2.75) is 39.2 Å². The maximum atomic E-state index is 12.3. The molecule has 0 N–H and O–H groups in total. The molecular weight excluding hydrogens is 324 g/mol. The van der Waals surface area contributed by atoms with Crippen LogP contribution in [0.4, 0.5) is 0 Å². The highest BCUT2D eigenvalue weighted by molar-refractivity contribution is 6.07. The lowest BCUT2D eigenvalue weighted by Gasteiger charge is -2.08. The van der Waals surface area contributed by atoms with Crippen LogP contribution in [-0.2, 0) is 28.7 Å². The van der Waals surface area contributed by atoms with Crippen LogP contribution in [0.25, 0.3) is 0 Å². The fourth-order valence-corrected chi connectivity index (χ4v) is 2.53. The molecule has 2 rings (SSSR count). The van der Waals surface area contributed by atoms with E-state index in [1.807, 2.05) is 0 Å². The van der Waals surface area contributed by atoms with Crippen LogP contribution >= 0.6 is 0 Å². The second-order valence-corrected chi connectivity index (χ2v) is 5.98. The summed E-state index contributed by atoms with van der Waals surface area (Å²) >= 11 is 0. The minimum absolute atomic E-state index is 0.144. The largest absolute Gasteiger partial charge is 0.461 e. The van der Waals surface area contributed by atoms with Gasteiger partial charge in [-0.2, -0.15) is 0 Å². The number of hydrogen-bond acceptors (Lipinski definition) is 6. The first-order chi connectivity index (χ1) is 11.8. The van der Waals surface area contributed by atoms with Crippen LogP contribution in [0.2, 0.25) is 0 Å². The number of fused-ring (bicyclic) bond motifs is 1. The number of allylic oxidation sites excluding steroid dienone is 3. The monoisotopic (exact) mass is 344 g/mol. The Bertz CT molecular complexity index is 720. The number of esters is 2. The summed E-state index contributed by atoms with van der Waals surface area (Å²) in [4.78, 5) is 47.2. The maximum Gasteiger partial charge on any atom is 0.338 e. The van der Waals surface area contributed by atoms with E-state index in [2.05, 4.69) is 0 Å². The van der Waals surface area contributed by atoms with Crippen LogP contribution in [0, 0.1) is 0 Å². The number of hydrogen-bond donors (Lipinski definition) is 0. The predicted molar refractivity (Wildman–Crippen MR) is 89.4 cm³/mol. The van der Waals surface area contributed by atoms with Crippen molar-refractivity contribution in [3.8, 4) is 0 Å². The van der Waals surface area contributed by atoms with Crippen molar-refractivity contribution in [3.63, 3.8) is 0 Å². The maximum absolute atomic E-state index is 12.3. The van der Waals surface area contributed by atoms with Gasteiger partial charge in [0.05, 0.1) is 5.57 Å². The zero-order chi connectivity index (χ0) is 18.4. The van der Waals surface area contributed by atoms with Crippen LogP contribution in [0.15, 0.2) is 47.1 Å². The van der Waals surface area contributed by atoms with Crippen molar-refractivity contribution < 1.29 is 28.7 Å². The smallest absolute Gasteiger partial charge is 0.338 e. The Labute approximate surface area is 145 Å². The average molecular weight is 344 g/mol. The quantitative estimate of drug-likeness (QED) is 0.714. The third-order valence-electron chi connectivity index (χ3n) is 3.71. The molecule has 0 fully saturated rings. The zero-order valence-corrected chi connectivity index (χ0v) is 14.2. The Kier molecular flexibility index (Phi) is 6.22. The number of ketones is 2. The van der Waals surface area contributed by atoms with Gasteiger partial charge in [0, 0.05) is 25.3 Å². The van der Waals surface area contributed by atoms with E-state index < -0.39 is 18.0 Å². The highest BCUT2D eigenvalue weighted by atomic mass is 16.5. The molecule has 25 heavy (non-hydrogen) atoms. The summed E-state index contributed by atoms with van der Waals surface area (Å²) in [7, 11) is 0. The zero-order valence-electron chi connectivity index (χ0n) is 14.2. The van der Waals surface area contributed by atoms with Gasteiger partial charge in [0.1, 0.15) is 12.7 Å². The van der Waals surface area contributed by atoms with Gasteiger partial charge in [0.15, 0.2) is 11.6 Å². The minimum atomic E-state index is -0.522. The standard InChI is InChI=1S/C19H20O6/c1-12-7-16(21)9-15(11-24-13(2)20)18(22)6-4-3-5-14-10-17(8-12)25-19(14)23/h3,5,7,9-10,17H,4,6,8,11H2,1-2H3/b5-3-,12-7-,15-9-/t17-/m0/s1. The summed E-state index contributed by atoms with van der Waals surface area (Å²) < 4.78 is 10.1. The Balaban J connectivity index is 2.26. The van der Waals surface area contributed by atoms with Crippen LogP contribution in [0.1, 0.15) is 33.1 Å². The van der Waals surface area contributed by atoms with Gasteiger partial charge in [-0.3, -0.25) is 14.4 Å². The van der Waals surface area contributed by atoms with Gasteiger partial charge < -0.3 is 9.47 Å². The van der Waals surface area contributed by atoms with E-state index in [0.717, 1.165) is 5.57 Å². The van der Waals surface area contributed by atoms with Gasteiger partial charge in [-0.25, -0.2) is 4.79 Å². The van der Waals surface area contributed by atoms with Crippen molar-refractivity contribution in [1.82, 2.24) is 0 Å². The molecule has 1 aliphatic heterocycles. The molecule has 2 aliphatic rings.